The van der Waals surface area contributed by atoms with E-state index in [4.69, 9.17) is 15.2 Å². The molecule has 0 aromatic heterocycles. The van der Waals surface area contributed by atoms with Crippen LogP contribution in [0, 0.1) is 0 Å². The highest BCUT2D eigenvalue weighted by molar-refractivity contribution is 5.44. The van der Waals surface area contributed by atoms with Crippen molar-refractivity contribution >= 4 is 0 Å². The summed E-state index contributed by atoms with van der Waals surface area (Å²) in [5.74, 6) is 1.53. The molecule has 3 heteroatoms. The monoisotopic (exact) mass is 299 g/mol. The van der Waals surface area contributed by atoms with Gasteiger partial charge in [-0.2, -0.15) is 0 Å². The van der Waals surface area contributed by atoms with Crippen molar-refractivity contribution in [3.8, 4) is 11.5 Å². The maximum absolute atomic E-state index is 6.19. The summed E-state index contributed by atoms with van der Waals surface area (Å²) in [7, 11) is 0. The Morgan fingerprint density at radius 1 is 0.955 bits per heavy atom. The van der Waals surface area contributed by atoms with Crippen LogP contribution in [0.3, 0.4) is 0 Å². The second-order valence-corrected chi connectivity index (χ2v) is 5.31. The lowest BCUT2D eigenvalue weighted by Crippen LogP contribution is -2.10. The fourth-order valence-corrected chi connectivity index (χ4v) is 2.36. The van der Waals surface area contributed by atoms with Crippen LogP contribution in [-0.2, 0) is 6.61 Å². The normalized spacial score (nSPS) is 12.0. The highest BCUT2D eigenvalue weighted by Gasteiger charge is 2.11. The van der Waals surface area contributed by atoms with Crippen LogP contribution in [0.4, 0.5) is 0 Å². The molecule has 0 aliphatic heterocycles. The number of nitrogens with two attached hydrogens (primary N) is 1. The first-order chi connectivity index (χ1) is 10.7. The van der Waals surface area contributed by atoms with Gasteiger partial charge in [-0.3, -0.25) is 0 Å². The zero-order chi connectivity index (χ0) is 15.8. The van der Waals surface area contributed by atoms with Crippen molar-refractivity contribution < 1.29 is 9.47 Å². The molecule has 0 saturated heterocycles. The third kappa shape index (κ3) is 4.50. The molecule has 2 aromatic rings. The third-order valence-electron chi connectivity index (χ3n) is 3.53. The minimum atomic E-state index is 0.0485. The summed E-state index contributed by atoms with van der Waals surface area (Å²) in [5.41, 5.74) is 8.42. The van der Waals surface area contributed by atoms with Crippen molar-refractivity contribution in [2.24, 2.45) is 5.73 Å². The van der Waals surface area contributed by atoms with Crippen LogP contribution in [0.1, 0.15) is 43.9 Å². The number of ether oxygens (including phenoxy) is 2. The lowest BCUT2D eigenvalue weighted by molar-refractivity contribution is 0.269. The Bertz CT molecular complexity index is 569. The summed E-state index contributed by atoms with van der Waals surface area (Å²) in [6.07, 6.45) is 2.03. The quantitative estimate of drug-likeness (QED) is 0.782. The molecule has 0 aliphatic carbocycles. The maximum atomic E-state index is 6.19. The van der Waals surface area contributed by atoms with E-state index < -0.39 is 0 Å². The van der Waals surface area contributed by atoms with Gasteiger partial charge in [0.1, 0.15) is 6.61 Å². The molecule has 2 rings (SSSR count). The Labute approximate surface area is 133 Å². The summed E-state index contributed by atoms with van der Waals surface area (Å²) in [6, 6.07) is 16.2. The molecule has 0 unspecified atom stereocenters. The van der Waals surface area contributed by atoms with Crippen molar-refractivity contribution in [1.29, 1.82) is 0 Å². The maximum Gasteiger partial charge on any atom is 0.161 e. The van der Waals surface area contributed by atoms with E-state index in [1.165, 1.54) is 0 Å². The zero-order valence-electron chi connectivity index (χ0n) is 13.4. The third-order valence-corrected chi connectivity index (χ3v) is 3.53. The van der Waals surface area contributed by atoms with Gasteiger partial charge in [-0.1, -0.05) is 49.7 Å². The van der Waals surface area contributed by atoms with E-state index in [2.05, 4.69) is 6.92 Å². The largest absolute Gasteiger partial charge is 0.490 e. The van der Waals surface area contributed by atoms with E-state index in [1.807, 2.05) is 55.5 Å². The van der Waals surface area contributed by atoms with Gasteiger partial charge in [0.25, 0.3) is 0 Å². The molecule has 0 bridgehead atoms. The molecule has 22 heavy (non-hydrogen) atoms. The molecule has 0 spiro atoms. The molecule has 1 atom stereocenters. The van der Waals surface area contributed by atoms with E-state index in [1.54, 1.807) is 0 Å². The average molecular weight is 299 g/mol. The van der Waals surface area contributed by atoms with Gasteiger partial charge >= 0.3 is 0 Å². The van der Waals surface area contributed by atoms with Crippen molar-refractivity contribution in [3.05, 3.63) is 59.7 Å². The predicted octanol–water partition coefficient (Wildman–Crippen LogP) is 4.46. The number of benzene rings is 2. The molecule has 0 amide bonds. The van der Waals surface area contributed by atoms with Crippen molar-refractivity contribution in [1.82, 2.24) is 0 Å². The Morgan fingerprint density at radius 2 is 1.73 bits per heavy atom. The number of hydrogen-bond acceptors (Lipinski definition) is 3. The topological polar surface area (TPSA) is 44.5 Å². The van der Waals surface area contributed by atoms with Crippen molar-refractivity contribution in [3.63, 3.8) is 0 Å². The summed E-state index contributed by atoms with van der Waals surface area (Å²) in [6.45, 7) is 5.25. The van der Waals surface area contributed by atoms with E-state index in [9.17, 15) is 0 Å². The lowest BCUT2D eigenvalue weighted by atomic mass is 10.0. The standard InChI is InChI=1S/C19H25NO2/c1-3-8-17(20)16-11-12-18(19(13-16)21-4-2)22-14-15-9-6-5-7-10-15/h5-7,9-13,17H,3-4,8,14,20H2,1-2H3/t17-/m1/s1. The lowest BCUT2D eigenvalue weighted by Gasteiger charge is -2.16. The Kier molecular flexibility index (Phi) is 6.28. The first-order valence-electron chi connectivity index (χ1n) is 7.93. The van der Waals surface area contributed by atoms with Crippen molar-refractivity contribution in [2.45, 2.75) is 39.3 Å². The van der Waals surface area contributed by atoms with Crippen LogP contribution in [-0.4, -0.2) is 6.61 Å². The van der Waals surface area contributed by atoms with Crippen LogP contribution in [0.5, 0.6) is 11.5 Å². The first kappa shape index (κ1) is 16.4. The SMILES string of the molecule is CCC[C@@H](N)c1ccc(OCc2ccccc2)c(OCC)c1. The number of hydrogen-bond donors (Lipinski definition) is 1. The van der Waals surface area contributed by atoms with Crippen molar-refractivity contribution in [2.75, 3.05) is 6.61 Å². The minimum Gasteiger partial charge on any atom is -0.490 e. The zero-order valence-corrected chi connectivity index (χ0v) is 13.4. The van der Waals surface area contributed by atoms with E-state index in [-0.39, 0.29) is 6.04 Å². The Balaban J connectivity index is 2.12. The number of rotatable bonds is 8. The van der Waals surface area contributed by atoms with Crippen LogP contribution >= 0.6 is 0 Å². The molecular formula is C19H25NO2. The van der Waals surface area contributed by atoms with Gasteiger partial charge in [-0.15, -0.1) is 0 Å². The summed E-state index contributed by atoms with van der Waals surface area (Å²) in [4.78, 5) is 0. The highest BCUT2D eigenvalue weighted by atomic mass is 16.5. The van der Waals surface area contributed by atoms with Gasteiger partial charge in [0.05, 0.1) is 6.61 Å². The molecule has 0 saturated carbocycles. The van der Waals surface area contributed by atoms with Crippen LogP contribution < -0.4 is 15.2 Å². The Hall–Kier alpha value is -2.00. The molecule has 0 fully saturated rings. The molecule has 2 N–H and O–H groups in total. The van der Waals surface area contributed by atoms with Crippen LogP contribution in [0.25, 0.3) is 0 Å². The van der Waals surface area contributed by atoms with Crippen LogP contribution in [0.15, 0.2) is 48.5 Å². The van der Waals surface area contributed by atoms with Crippen LogP contribution in [0.2, 0.25) is 0 Å². The summed E-state index contributed by atoms with van der Waals surface area (Å²) in [5, 5.41) is 0. The average Bonchev–Trinajstić information content (AvgIpc) is 2.55. The fraction of sp³-hybridized carbons (Fsp3) is 0.368. The smallest absolute Gasteiger partial charge is 0.161 e. The van der Waals surface area contributed by atoms with Gasteiger partial charge in [0.2, 0.25) is 0 Å². The van der Waals surface area contributed by atoms with E-state index in [0.717, 1.165) is 35.5 Å². The van der Waals surface area contributed by atoms with Gasteiger partial charge in [-0.05, 0) is 36.6 Å². The molecular weight excluding hydrogens is 274 g/mol. The van der Waals surface area contributed by atoms with Gasteiger partial charge in [-0.25, -0.2) is 0 Å². The first-order valence-corrected chi connectivity index (χ1v) is 7.93. The van der Waals surface area contributed by atoms with E-state index in [0.29, 0.717) is 13.2 Å². The molecule has 118 valence electrons. The Morgan fingerprint density at radius 3 is 2.41 bits per heavy atom. The minimum absolute atomic E-state index is 0.0485. The van der Waals surface area contributed by atoms with Gasteiger partial charge < -0.3 is 15.2 Å². The highest BCUT2D eigenvalue weighted by Crippen LogP contribution is 2.31. The second kappa shape index (κ2) is 8.44. The summed E-state index contributed by atoms with van der Waals surface area (Å²) >= 11 is 0. The molecule has 0 heterocycles. The van der Waals surface area contributed by atoms with Gasteiger partial charge in [0, 0.05) is 6.04 Å². The van der Waals surface area contributed by atoms with E-state index >= 15 is 0 Å². The molecule has 2 aromatic carbocycles. The molecule has 3 nitrogen and oxygen atoms in total. The fourth-order valence-electron chi connectivity index (χ4n) is 2.36. The summed E-state index contributed by atoms with van der Waals surface area (Å²) < 4.78 is 11.6. The molecule has 0 aliphatic rings. The predicted molar refractivity (Wildman–Crippen MR) is 90.2 cm³/mol. The van der Waals surface area contributed by atoms with Gasteiger partial charge in [0.15, 0.2) is 11.5 Å². The second-order valence-electron chi connectivity index (χ2n) is 5.31. The molecule has 0 radical (unpaired) electrons.